The molecule has 1 amide bonds. The second-order valence-electron chi connectivity index (χ2n) is 5.73. The molecule has 1 N–H and O–H groups in total. The highest BCUT2D eigenvalue weighted by Crippen LogP contribution is 2.19. The van der Waals surface area contributed by atoms with Gasteiger partial charge in [-0.05, 0) is 37.1 Å². The van der Waals surface area contributed by atoms with E-state index >= 15 is 0 Å². The molecule has 0 fully saturated rings. The average molecular weight is 309 g/mol. The van der Waals surface area contributed by atoms with Gasteiger partial charge in [0.2, 0.25) is 5.91 Å². The summed E-state index contributed by atoms with van der Waals surface area (Å²) < 4.78 is 3.06. The van der Waals surface area contributed by atoms with Gasteiger partial charge in [-0.15, -0.1) is 0 Å². The van der Waals surface area contributed by atoms with Crippen LogP contribution in [0.2, 0.25) is 0 Å². The summed E-state index contributed by atoms with van der Waals surface area (Å²) in [7, 11) is 1.71. The molecule has 0 aliphatic heterocycles. The van der Waals surface area contributed by atoms with Crippen LogP contribution in [-0.2, 0) is 18.4 Å². The fraction of sp³-hybridized carbons (Fsp3) is 0.222. The number of amides is 1. The summed E-state index contributed by atoms with van der Waals surface area (Å²) in [5.74, 6) is -0.208. The molecular weight excluding hydrogens is 290 g/mol. The van der Waals surface area contributed by atoms with Crippen molar-refractivity contribution >= 4 is 22.6 Å². The van der Waals surface area contributed by atoms with Gasteiger partial charge in [-0.1, -0.05) is 30.3 Å². The van der Waals surface area contributed by atoms with Gasteiger partial charge in [0.25, 0.3) is 0 Å². The molecular formula is C18H19N3O2. The molecule has 0 bridgehead atoms. The fourth-order valence-electron chi connectivity index (χ4n) is 2.85. The predicted molar refractivity (Wildman–Crippen MR) is 91.7 cm³/mol. The van der Waals surface area contributed by atoms with Crippen LogP contribution in [0, 0.1) is 13.8 Å². The highest BCUT2D eigenvalue weighted by molar-refractivity contribution is 5.93. The van der Waals surface area contributed by atoms with Crippen molar-refractivity contribution in [3.05, 3.63) is 64.1 Å². The first kappa shape index (κ1) is 15.1. The molecule has 0 aliphatic rings. The number of hydrogen-bond donors (Lipinski definition) is 1. The van der Waals surface area contributed by atoms with E-state index in [1.54, 1.807) is 11.6 Å². The van der Waals surface area contributed by atoms with Crippen molar-refractivity contribution < 1.29 is 4.79 Å². The van der Waals surface area contributed by atoms with Crippen molar-refractivity contribution in [2.45, 2.75) is 20.4 Å². The number of imidazole rings is 1. The molecule has 0 saturated carbocycles. The minimum atomic E-state index is -0.208. The number of aryl methyl sites for hydroxylation is 3. The Balaban J connectivity index is 1.93. The summed E-state index contributed by atoms with van der Waals surface area (Å²) in [5, 5.41) is 2.92. The first-order valence-corrected chi connectivity index (χ1v) is 7.49. The largest absolute Gasteiger partial charge is 0.329 e. The van der Waals surface area contributed by atoms with Crippen LogP contribution >= 0.6 is 0 Å². The number of rotatable bonds is 3. The molecule has 3 aromatic rings. The van der Waals surface area contributed by atoms with Gasteiger partial charge in [0.05, 0.1) is 11.0 Å². The second kappa shape index (κ2) is 5.76. The molecule has 0 radical (unpaired) electrons. The maximum atomic E-state index is 12.4. The molecule has 118 valence electrons. The van der Waals surface area contributed by atoms with Gasteiger partial charge in [-0.3, -0.25) is 13.9 Å². The van der Waals surface area contributed by atoms with Gasteiger partial charge in [-0.25, -0.2) is 4.79 Å². The van der Waals surface area contributed by atoms with Gasteiger partial charge in [-0.2, -0.15) is 0 Å². The summed E-state index contributed by atoms with van der Waals surface area (Å²) in [4.78, 5) is 24.8. The van der Waals surface area contributed by atoms with Gasteiger partial charge in [0.15, 0.2) is 0 Å². The van der Waals surface area contributed by atoms with Crippen molar-refractivity contribution in [2.75, 3.05) is 5.32 Å². The molecule has 0 saturated heterocycles. The first-order valence-electron chi connectivity index (χ1n) is 7.49. The number of anilines is 1. The molecule has 5 heteroatoms. The third-order valence-electron chi connectivity index (χ3n) is 4.10. The fourth-order valence-corrected chi connectivity index (χ4v) is 2.85. The van der Waals surface area contributed by atoms with E-state index in [0.717, 1.165) is 27.8 Å². The van der Waals surface area contributed by atoms with Crippen LogP contribution in [0.5, 0.6) is 0 Å². The van der Waals surface area contributed by atoms with E-state index in [1.165, 1.54) is 4.57 Å². The number of nitrogens with one attached hydrogen (secondary N) is 1. The van der Waals surface area contributed by atoms with Crippen molar-refractivity contribution in [3.63, 3.8) is 0 Å². The average Bonchev–Trinajstić information content (AvgIpc) is 2.77. The van der Waals surface area contributed by atoms with E-state index in [2.05, 4.69) is 5.32 Å². The number of fused-ring (bicyclic) bond motifs is 1. The molecule has 1 aromatic heterocycles. The van der Waals surface area contributed by atoms with E-state index in [9.17, 15) is 9.59 Å². The number of carbonyl (C=O) groups excluding carboxylic acids is 1. The minimum Gasteiger partial charge on any atom is -0.324 e. The van der Waals surface area contributed by atoms with E-state index in [4.69, 9.17) is 0 Å². The SMILES string of the molecule is Cc1cccc(C)c1NC(=O)Cn1c(=O)n(C)c2ccccc21. The van der Waals surface area contributed by atoms with Gasteiger partial charge in [0, 0.05) is 12.7 Å². The summed E-state index contributed by atoms with van der Waals surface area (Å²) >= 11 is 0. The topological polar surface area (TPSA) is 56.0 Å². The minimum absolute atomic E-state index is 0.00599. The van der Waals surface area contributed by atoms with E-state index < -0.39 is 0 Å². The molecule has 3 rings (SSSR count). The second-order valence-corrected chi connectivity index (χ2v) is 5.73. The Hall–Kier alpha value is -2.82. The Morgan fingerprint density at radius 2 is 1.61 bits per heavy atom. The van der Waals surface area contributed by atoms with Crippen LogP contribution in [0.25, 0.3) is 11.0 Å². The quantitative estimate of drug-likeness (QED) is 0.808. The van der Waals surface area contributed by atoms with Crippen LogP contribution in [0.3, 0.4) is 0 Å². The highest BCUT2D eigenvalue weighted by Gasteiger charge is 2.14. The number of carbonyl (C=O) groups is 1. The smallest absolute Gasteiger partial charge is 0.324 e. The third kappa shape index (κ3) is 2.65. The maximum absolute atomic E-state index is 12.4. The van der Waals surface area contributed by atoms with Crippen molar-refractivity contribution in [1.29, 1.82) is 0 Å². The Bertz CT molecular complexity index is 930. The van der Waals surface area contributed by atoms with Gasteiger partial charge < -0.3 is 5.32 Å². The number of benzene rings is 2. The zero-order chi connectivity index (χ0) is 16.6. The van der Waals surface area contributed by atoms with Crippen molar-refractivity contribution in [3.8, 4) is 0 Å². The van der Waals surface area contributed by atoms with Crippen LogP contribution in [0.15, 0.2) is 47.3 Å². The van der Waals surface area contributed by atoms with Crippen LogP contribution in [-0.4, -0.2) is 15.0 Å². The van der Waals surface area contributed by atoms with E-state index in [-0.39, 0.29) is 18.1 Å². The normalized spacial score (nSPS) is 10.9. The van der Waals surface area contributed by atoms with Crippen LogP contribution in [0.1, 0.15) is 11.1 Å². The highest BCUT2D eigenvalue weighted by atomic mass is 16.2. The third-order valence-corrected chi connectivity index (χ3v) is 4.10. The number of nitrogens with zero attached hydrogens (tertiary/aromatic N) is 2. The predicted octanol–water partition coefficient (Wildman–Crippen LogP) is 2.60. The molecule has 0 spiro atoms. The van der Waals surface area contributed by atoms with E-state index in [0.29, 0.717) is 0 Å². The number of aromatic nitrogens is 2. The summed E-state index contributed by atoms with van der Waals surface area (Å²) in [6.45, 7) is 3.90. The molecule has 0 atom stereocenters. The Labute approximate surface area is 134 Å². The lowest BCUT2D eigenvalue weighted by Gasteiger charge is -2.11. The summed E-state index contributed by atoms with van der Waals surface area (Å²) in [5.41, 5.74) is 4.20. The van der Waals surface area contributed by atoms with Crippen LogP contribution in [0.4, 0.5) is 5.69 Å². The molecule has 5 nitrogen and oxygen atoms in total. The zero-order valence-corrected chi connectivity index (χ0v) is 13.5. The van der Waals surface area contributed by atoms with Crippen molar-refractivity contribution in [1.82, 2.24) is 9.13 Å². The lowest BCUT2D eigenvalue weighted by atomic mass is 10.1. The van der Waals surface area contributed by atoms with Crippen LogP contribution < -0.4 is 11.0 Å². The van der Waals surface area contributed by atoms with Crippen molar-refractivity contribution in [2.24, 2.45) is 7.05 Å². The van der Waals surface area contributed by atoms with Gasteiger partial charge >= 0.3 is 5.69 Å². The molecule has 2 aromatic carbocycles. The molecule has 0 unspecified atom stereocenters. The molecule has 23 heavy (non-hydrogen) atoms. The van der Waals surface area contributed by atoms with E-state index in [1.807, 2.05) is 56.3 Å². The Morgan fingerprint density at radius 1 is 1.00 bits per heavy atom. The maximum Gasteiger partial charge on any atom is 0.329 e. The standard InChI is InChI=1S/C18H19N3O2/c1-12-7-6-8-13(2)17(12)19-16(22)11-21-15-10-5-4-9-14(15)20(3)18(21)23/h4-10H,11H2,1-3H3,(H,19,22). The number of hydrogen-bond acceptors (Lipinski definition) is 2. The first-order chi connectivity index (χ1) is 11.0. The zero-order valence-electron chi connectivity index (χ0n) is 13.5. The lowest BCUT2D eigenvalue weighted by Crippen LogP contribution is -2.28. The molecule has 1 heterocycles. The summed E-state index contributed by atoms with van der Waals surface area (Å²) in [6.07, 6.45) is 0. The monoisotopic (exact) mass is 309 g/mol. The number of para-hydroxylation sites is 3. The lowest BCUT2D eigenvalue weighted by molar-refractivity contribution is -0.116. The Kier molecular flexibility index (Phi) is 3.78. The molecule has 0 aliphatic carbocycles. The Morgan fingerprint density at radius 3 is 2.26 bits per heavy atom. The summed E-state index contributed by atoms with van der Waals surface area (Å²) in [6, 6.07) is 13.3. The van der Waals surface area contributed by atoms with Gasteiger partial charge in [0.1, 0.15) is 6.54 Å².